The van der Waals surface area contributed by atoms with E-state index in [1.165, 1.54) is 19.3 Å². The van der Waals surface area contributed by atoms with Crippen LogP contribution in [0.4, 0.5) is 0 Å². The Labute approximate surface area is 84.3 Å². The fourth-order valence-corrected chi connectivity index (χ4v) is 1.69. The third-order valence-corrected chi connectivity index (χ3v) is 2.65. The van der Waals surface area contributed by atoms with E-state index in [2.05, 4.69) is 47.0 Å². The molecular formula is C12H27N. The monoisotopic (exact) mass is 185 g/mol. The maximum absolute atomic E-state index is 3.42. The second kappa shape index (κ2) is 5.64. The maximum Gasteiger partial charge on any atom is 0.00715 e. The molecule has 0 saturated heterocycles. The van der Waals surface area contributed by atoms with Crippen LogP contribution in [0, 0.1) is 11.3 Å². The van der Waals surface area contributed by atoms with Gasteiger partial charge >= 0.3 is 0 Å². The summed E-state index contributed by atoms with van der Waals surface area (Å²) in [7, 11) is 2.08. The summed E-state index contributed by atoms with van der Waals surface area (Å²) in [5.41, 5.74) is 0.446. The first-order valence-corrected chi connectivity index (χ1v) is 5.56. The van der Waals surface area contributed by atoms with Crippen LogP contribution >= 0.6 is 0 Å². The molecule has 80 valence electrons. The third-order valence-electron chi connectivity index (χ3n) is 2.65. The molecule has 0 aliphatic rings. The number of rotatable bonds is 5. The van der Waals surface area contributed by atoms with Gasteiger partial charge in [0.15, 0.2) is 0 Å². The Hall–Kier alpha value is -0.0400. The van der Waals surface area contributed by atoms with Crippen LogP contribution < -0.4 is 5.32 Å². The zero-order valence-electron chi connectivity index (χ0n) is 10.3. The summed E-state index contributed by atoms with van der Waals surface area (Å²) >= 11 is 0. The van der Waals surface area contributed by atoms with Crippen LogP contribution in [0.5, 0.6) is 0 Å². The van der Waals surface area contributed by atoms with Crippen molar-refractivity contribution in [1.29, 1.82) is 0 Å². The number of hydrogen-bond acceptors (Lipinski definition) is 1. The van der Waals surface area contributed by atoms with E-state index in [1.54, 1.807) is 0 Å². The first-order chi connectivity index (χ1) is 5.89. The van der Waals surface area contributed by atoms with Crippen molar-refractivity contribution < 1.29 is 0 Å². The molecule has 0 bridgehead atoms. The molecule has 0 aromatic rings. The Morgan fingerprint density at radius 2 is 1.77 bits per heavy atom. The highest BCUT2D eigenvalue weighted by atomic mass is 14.9. The van der Waals surface area contributed by atoms with Gasteiger partial charge in [-0.15, -0.1) is 0 Å². The van der Waals surface area contributed by atoms with Crippen molar-refractivity contribution in [3.63, 3.8) is 0 Å². The molecule has 1 nitrogen and oxygen atoms in total. The normalized spacial score (nSPS) is 17.1. The molecular weight excluding hydrogens is 158 g/mol. The highest BCUT2D eigenvalue weighted by molar-refractivity contribution is 4.74. The molecule has 0 saturated carbocycles. The lowest BCUT2D eigenvalue weighted by Crippen LogP contribution is -2.31. The molecule has 0 spiro atoms. The van der Waals surface area contributed by atoms with E-state index in [0.29, 0.717) is 11.5 Å². The van der Waals surface area contributed by atoms with Crippen molar-refractivity contribution >= 4 is 0 Å². The fraction of sp³-hybridized carbons (Fsp3) is 1.00. The van der Waals surface area contributed by atoms with E-state index >= 15 is 0 Å². The van der Waals surface area contributed by atoms with Gasteiger partial charge in [-0.25, -0.2) is 0 Å². The molecule has 0 aliphatic heterocycles. The summed E-state index contributed by atoms with van der Waals surface area (Å²) in [6.45, 7) is 11.6. The predicted molar refractivity (Wildman–Crippen MR) is 61.0 cm³/mol. The smallest absolute Gasteiger partial charge is 0.00715 e. The largest absolute Gasteiger partial charge is 0.317 e. The van der Waals surface area contributed by atoms with E-state index in [1.807, 2.05) is 0 Å². The zero-order valence-corrected chi connectivity index (χ0v) is 10.3. The minimum atomic E-state index is 0.446. The summed E-state index contributed by atoms with van der Waals surface area (Å²) in [6.07, 6.45) is 3.88. The van der Waals surface area contributed by atoms with Gasteiger partial charge in [-0.2, -0.15) is 0 Å². The summed E-state index contributed by atoms with van der Waals surface area (Å²) in [5, 5.41) is 3.42. The maximum atomic E-state index is 3.42. The molecule has 1 heteroatoms. The standard InChI is InChI=1S/C12H27N/c1-7-10(2)8-11(13-6)9-12(3,4)5/h10-11,13H,7-9H2,1-6H3. The molecule has 0 radical (unpaired) electrons. The average molecular weight is 185 g/mol. The van der Waals surface area contributed by atoms with E-state index in [0.717, 1.165) is 5.92 Å². The molecule has 0 fully saturated rings. The first kappa shape index (κ1) is 13.0. The summed E-state index contributed by atoms with van der Waals surface area (Å²) in [6, 6.07) is 0.690. The molecule has 0 rings (SSSR count). The van der Waals surface area contributed by atoms with Crippen LogP contribution in [-0.4, -0.2) is 13.1 Å². The van der Waals surface area contributed by atoms with Gasteiger partial charge in [-0.1, -0.05) is 41.0 Å². The third kappa shape index (κ3) is 7.06. The predicted octanol–water partition coefficient (Wildman–Crippen LogP) is 3.45. The lowest BCUT2D eigenvalue weighted by molar-refractivity contribution is 0.284. The van der Waals surface area contributed by atoms with Gasteiger partial charge in [-0.3, -0.25) is 0 Å². The highest BCUT2D eigenvalue weighted by Crippen LogP contribution is 2.24. The van der Waals surface area contributed by atoms with E-state index < -0.39 is 0 Å². The Balaban J connectivity index is 3.89. The molecule has 0 heterocycles. The van der Waals surface area contributed by atoms with Crippen molar-refractivity contribution in [3.8, 4) is 0 Å². The SMILES string of the molecule is CCC(C)CC(CC(C)(C)C)NC. The average Bonchev–Trinajstić information content (AvgIpc) is 2.00. The van der Waals surface area contributed by atoms with Crippen LogP contribution in [0.3, 0.4) is 0 Å². The molecule has 1 N–H and O–H groups in total. The lowest BCUT2D eigenvalue weighted by Gasteiger charge is -2.27. The minimum absolute atomic E-state index is 0.446. The van der Waals surface area contributed by atoms with E-state index in [-0.39, 0.29) is 0 Å². The van der Waals surface area contributed by atoms with Crippen molar-refractivity contribution in [3.05, 3.63) is 0 Å². The van der Waals surface area contributed by atoms with Gasteiger partial charge in [0.1, 0.15) is 0 Å². The molecule has 0 aromatic carbocycles. The summed E-state index contributed by atoms with van der Waals surface area (Å²) in [5.74, 6) is 0.847. The van der Waals surface area contributed by atoms with Gasteiger partial charge < -0.3 is 5.32 Å². The second-order valence-corrected chi connectivity index (χ2v) is 5.50. The van der Waals surface area contributed by atoms with Gasteiger partial charge in [0.05, 0.1) is 0 Å². The van der Waals surface area contributed by atoms with Crippen LogP contribution in [0.15, 0.2) is 0 Å². The van der Waals surface area contributed by atoms with Crippen LogP contribution in [-0.2, 0) is 0 Å². The summed E-state index contributed by atoms with van der Waals surface area (Å²) < 4.78 is 0. The van der Waals surface area contributed by atoms with E-state index in [9.17, 15) is 0 Å². The first-order valence-electron chi connectivity index (χ1n) is 5.56. The molecule has 2 unspecified atom stereocenters. The van der Waals surface area contributed by atoms with Crippen LogP contribution in [0.2, 0.25) is 0 Å². The van der Waals surface area contributed by atoms with E-state index in [4.69, 9.17) is 0 Å². The lowest BCUT2D eigenvalue weighted by atomic mass is 9.84. The second-order valence-electron chi connectivity index (χ2n) is 5.50. The Morgan fingerprint density at radius 3 is 2.08 bits per heavy atom. The van der Waals surface area contributed by atoms with Gasteiger partial charge in [0.25, 0.3) is 0 Å². The van der Waals surface area contributed by atoms with Crippen molar-refractivity contribution in [1.82, 2.24) is 5.32 Å². The van der Waals surface area contributed by atoms with Crippen molar-refractivity contribution in [2.24, 2.45) is 11.3 Å². The topological polar surface area (TPSA) is 12.0 Å². The summed E-state index contributed by atoms with van der Waals surface area (Å²) in [4.78, 5) is 0. The van der Waals surface area contributed by atoms with Crippen molar-refractivity contribution in [2.75, 3.05) is 7.05 Å². The van der Waals surface area contributed by atoms with Gasteiger partial charge in [0, 0.05) is 6.04 Å². The van der Waals surface area contributed by atoms with Crippen molar-refractivity contribution in [2.45, 2.75) is 59.9 Å². The minimum Gasteiger partial charge on any atom is -0.317 e. The molecule has 2 atom stereocenters. The highest BCUT2D eigenvalue weighted by Gasteiger charge is 2.18. The zero-order chi connectivity index (χ0) is 10.5. The fourth-order valence-electron chi connectivity index (χ4n) is 1.69. The van der Waals surface area contributed by atoms with Gasteiger partial charge in [-0.05, 0) is 31.2 Å². The number of nitrogens with one attached hydrogen (secondary N) is 1. The Kier molecular flexibility index (Phi) is 5.62. The quantitative estimate of drug-likeness (QED) is 0.692. The Morgan fingerprint density at radius 1 is 1.23 bits per heavy atom. The van der Waals surface area contributed by atoms with Gasteiger partial charge in [0.2, 0.25) is 0 Å². The molecule has 0 amide bonds. The Bertz CT molecular complexity index is 124. The molecule has 13 heavy (non-hydrogen) atoms. The van der Waals surface area contributed by atoms with Crippen LogP contribution in [0.25, 0.3) is 0 Å². The molecule has 0 aliphatic carbocycles. The number of hydrogen-bond donors (Lipinski definition) is 1. The van der Waals surface area contributed by atoms with Crippen LogP contribution in [0.1, 0.15) is 53.9 Å². The molecule has 0 aromatic heterocycles.